The molecule has 1 aliphatic rings. The van der Waals surface area contributed by atoms with Crippen LogP contribution in [-0.2, 0) is 6.54 Å². The molecule has 0 bridgehead atoms. The summed E-state index contributed by atoms with van der Waals surface area (Å²) in [5, 5.41) is 0. The Hall–Kier alpha value is -2.41. The zero-order valence-corrected chi connectivity index (χ0v) is 14.9. The first-order valence-corrected chi connectivity index (χ1v) is 8.72. The van der Waals surface area contributed by atoms with Crippen molar-refractivity contribution in [3.8, 4) is 0 Å². The van der Waals surface area contributed by atoms with Crippen molar-refractivity contribution in [1.29, 1.82) is 0 Å². The van der Waals surface area contributed by atoms with Crippen LogP contribution in [0.3, 0.4) is 0 Å². The molecule has 1 fully saturated rings. The van der Waals surface area contributed by atoms with Crippen LogP contribution in [0.5, 0.6) is 0 Å². The van der Waals surface area contributed by atoms with Crippen LogP contribution in [0.15, 0.2) is 30.7 Å². The highest BCUT2D eigenvalue weighted by Crippen LogP contribution is 2.29. The van der Waals surface area contributed by atoms with Crippen molar-refractivity contribution in [3.63, 3.8) is 0 Å². The molecule has 3 heterocycles. The number of piperidine rings is 1. The number of likely N-dealkylation sites (N-methyl/N-ethyl adjacent to an activating group) is 1. The van der Waals surface area contributed by atoms with Crippen molar-refractivity contribution >= 4 is 11.7 Å². The first-order chi connectivity index (χ1) is 12.1. The molecule has 2 aromatic rings. The molecule has 2 aromatic heterocycles. The SMILES string of the molecule is CN(C)CCn1ccnc1[C@@H]1CCCN(c2ncccc2C(N)=O)C1. The summed E-state index contributed by atoms with van der Waals surface area (Å²) in [6.07, 6.45) is 7.77. The molecule has 1 aliphatic heterocycles. The van der Waals surface area contributed by atoms with Crippen LogP contribution >= 0.6 is 0 Å². The molecule has 0 unspecified atom stereocenters. The third-order valence-electron chi connectivity index (χ3n) is 4.67. The molecule has 7 heteroatoms. The highest BCUT2D eigenvalue weighted by atomic mass is 16.1. The van der Waals surface area contributed by atoms with E-state index in [9.17, 15) is 4.79 Å². The van der Waals surface area contributed by atoms with Crippen molar-refractivity contribution in [2.45, 2.75) is 25.3 Å². The second-order valence-corrected chi connectivity index (χ2v) is 6.81. The van der Waals surface area contributed by atoms with E-state index in [2.05, 4.69) is 38.4 Å². The van der Waals surface area contributed by atoms with Gasteiger partial charge in [0.2, 0.25) is 0 Å². The van der Waals surface area contributed by atoms with Gasteiger partial charge >= 0.3 is 0 Å². The first-order valence-electron chi connectivity index (χ1n) is 8.72. The van der Waals surface area contributed by atoms with Gasteiger partial charge in [-0.05, 0) is 39.1 Å². The Bertz CT molecular complexity index is 726. The fourth-order valence-corrected chi connectivity index (χ4v) is 3.40. The molecule has 0 aliphatic carbocycles. The van der Waals surface area contributed by atoms with E-state index in [1.54, 1.807) is 18.3 Å². The number of anilines is 1. The number of primary amides is 1. The van der Waals surface area contributed by atoms with Gasteiger partial charge in [-0.25, -0.2) is 9.97 Å². The number of carbonyl (C=O) groups is 1. The summed E-state index contributed by atoms with van der Waals surface area (Å²) in [5.41, 5.74) is 6.00. The zero-order valence-electron chi connectivity index (χ0n) is 14.9. The maximum Gasteiger partial charge on any atom is 0.252 e. The summed E-state index contributed by atoms with van der Waals surface area (Å²) in [5.74, 6) is 1.69. The monoisotopic (exact) mass is 342 g/mol. The first kappa shape index (κ1) is 17.4. The minimum absolute atomic E-state index is 0.327. The zero-order chi connectivity index (χ0) is 17.8. The van der Waals surface area contributed by atoms with Crippen LogP contribution in [0, 0.1) is 0 Å². The Morgan fingerprint density at radius 3 is 2.96 bits per heavy atom. The summed E-state index contributed by atoms with van der Waals surface area (Å²) < 4.78 is 2.24. The minimum atomic E-state index is -0.433. The van der Waals surface area contributed by atoms with E-state index >= 15 is 0 Å². The number of nitrogens with two attached hydrogens (primary N) is 1. The van der Waals surface area contributed by atoms with Gasteiger partial charge in [-0.3, -0.25) is 4.79 Å². The quantitative estimate of drug-likeness (QED) is 0.856. The van der Waals surface area contributed by atoms with Crippen molar-refractivity contribution in [2.24, 2.45) is 5.73 Å². The molecule has 1 atom stereocenters. The number of carbonyl (C=O) groups excluding carboxylic acids is 1. The fourth-order valence-electron chi connectivity index (χ4n) is 3.40. The number of imidazole rings is 1. The van der Waals surface area contributed by atoms with Crippen LogP contribution in [0.4, 0.5) is 5.82 Å². The second kappa shape index (κ2) is 7.65. The lowest BCUT2D eigenvalue weighted by Crippen LogP contribution is -2.37. The second-order valence-electron chi connectivity index (χ2n) is 6.81. The predicted molar refractivity (Wildman–Crippen MR) is 97.7 cm³/mol. The Kier molecular flexibility index (Phi) is 5.33. The van der Waals surface area contributed by atoms with Crippen molar-refractivity contribution in [2.75, 3.05) is 38.6 Å². The van der Waals surface area contributed by atoms with Gasteiger partial charge in [-0.2, -0.15) is 0 Å². The molecule has 0 saturated carbocycles. The van der Waals surface area contributed by atoms with Gasteiger partial charge in [0.25, 0.3) is 5.91 Å². The molecular weight excluding hydrogens is 316 g/mol. The summed E-state index contributed by atoms with van der Waals surface area (Å²) in [7, 11) is 4.15. The van der Waals surface area contributed by atoms with Gasteiger partial charge in [-0.15, -0.1) is 0 Å². The minimum Gasteiger partial charge on any atom is -0.365 e. The molecular formula is C18H26N6O. The van der Waals surface area contributed by atoms with Gasteiger partial charge in [0.15, 0.2) is 0 Å². The molecule has 3 rings (SSSR count). The third-order valence-corrected chi connectivity index (χ3v) is 4.67. The number of hydrogen-bond acceptors (Lipinski definition) is 5. The lowest BCUT2D eigenvalue weighted by Gasteiger charge is -2.34. The number of amides is 1. The van der Waals surface area contributed by atoms with E-state index in [-0.39, 0.29) is 0 Å². The number of aromatic nitrogens is 3. The van der Waals surface area contributed by atoms with Gasteiger partial charge in [0.1, 0.15) is 11.6 Å². The highest BCUT2D eigenvalue weighted by Gasteiger charge is 2.27. The topological polar surface area (TPSA) is 80.3 Å². The Balaban J connectivity index is 1.79. The van der Waals surface area contributed by atoms with E-state index in [1.165, 1.54) is 0 Å². The van der Waals surface area contributed by atoms with Crippen molar-refractivity contribution in [1.82, 2.24) is 19.4 Å². The number of pyridine rings is 1. The smallest absolute Gasteiger partial charge is 0.252 e. The summed E-state index contributed by atoms with van der Waals surface area (Å²) in [4.78, 5) is 25.1. The van der Waals surface area contributed by atoms with Gasteiger partial charge in [0, 0.05) is 50.7 Å². The normalized spacial score (nSPS) is 17.9. The largest absolute Gasteiger partial charge is 0.365 e. The fraction of sp³-hybridized carbons (Fsp3) is 0.500. The molecule has 7 nitrogen and oxygen atoms in total. The van der Waals surface area contributed by atoms with Crippen LogP contribution in [0.25, 0.3) is 0 Å². The standard InChI is InChI=1S/C18H26N6O/c1-22(2)11-12-23-10-8-21-17(23)14-5-4-9-24(13-14)18-15(16(19)25)6-3-7-20-18/h3,6-8,10,14H,4-5,9,11-13H2,1-2H3,(H2,19,25)/t14-/m1/s1. The van der Waals surface area contributed by atoms with Crippen LogP contribution < -0.4 is 10.6 Å². The van der Waals surface area contributed by atoms with E-state index in [0.717, 1.165) is 44.8 Å². The third kappa shape index (κ3) is 3.99. The van der Waals surface area contributed by atoms with Crippen LogP contribution in [0.1, 0.15) is 34.9 Å². The maximum atomic E-state index is 11.7. The van der Waals surface area contributed by atoms with Gasteiger partial charge < -0.3 is 20.1 Å². The Morgan fingerprint density at radius 2 is 2.20 bits per heavy atom. The van der Waals surface area contributed by atoms with Crippen molar-refractivity contribution in [3.05, 3.63) is 42.1 Å². The van der Waals surface area contributed by atoms with Crippen LogP contribution in [-0.4, -0.2) is 59.1 Å². The van der Waals surface area contributed by atoms with Crippen molar-refractivity contribution < 1.29 is 4.79 Å². The Morgan fingerprint density at radius 1 is 1.36 bits per heavy atom. The number of hydrogen-bond donors (Lipinski definition) is 1. The van der Waals surface area contributed by atoms with Gasteiger partial charge in [0.05, 0.1) is 5.56 Å². The van der Waals surface area contributed by atoms with E-state index in [4.69, 9.17) is 5.73 Å². The Labute approximate surface area is 148 Å². The molecule has 1 amide bonds. The molecule has 0 aromatic carbocycles. The maximum absolute atomic E-state index is 11.7. The lowest BCUT2D eigenvalue weighted by molar-refractivity contribution is 0.100. The molecule has 0 spiro atoms. The van der Waals surface area contributed by atoms with Crippen LogP contribution in [0.2, 0.25) is 0 Å². The van der Waals surface area contributed by atoms with E-state index < -0.39 is 5.91 Å². The highest BCUT2D eigenvalue weighted by molar-refractivity contribution is 5.97. The molecule has 25 heavy (non-hydrogen) atoms. The number of rotatable bonds is 6. The molecule has 2 N–H and O–H groups in total. The summed E-state index contributed by atoms with van der Waals surface area (Å²) in [6, 6.07) is 3.49. The average molecular weight is 342 g/mol. The van der Waals surface area contributed by atoms with E-state index in [0.29, 0.717) is 17.3 Å². The summed E-state index contributed by atoms with van der Waals surface area (Å²) >= 11 is 0. The summed E-state index contributed by atoms with van der Waals surface area (Å²) in [6.45, 7) is 3.59. The molecule has 134 valence electrons. The average Bonchev–Trinajstić information content (AvgIpc) is 3.08. The van der Waals surface area contributed by atoms with E-state index in [1.807, 2.05) is 12.4 Å². The lowest BCUT2D eigenvalue weighted by atomic mass is 9.96. The number of nitrogens with zero attached hydrogens (tertiary/aromatic N) is 5. The molecule has 0 radical (unpaired) electrons. The van der Waals surface area contributed by atoms with Gasteiger partial charge in [-0.1, -0.05) is 0 Å². The molecule has 1 saturated heterocycles. The predicted octanol–water partition coefficient (Wildman–Crippen LogP) is 1.32.